The van der Waals surface area contributed by atoms with Crippen molar-refractivity contribution in [3.63, 3.8) is 0 Å². The Hall–Kier alpha value is -0.750. The minimum Gasteiger partial charge on any atom is -0.357 e. The van der Waals surface area contributed by atoms with Crippen LogP contribution in [0.2, 0.25) is 5.28 Å². The molecule has 7 heteroatoms. The second-order valence-corrected chi connectivity index (χ2v) is 4.69. The van der Waals surface area contributed by atoms with Crippen LogP contribution in [-0.2, 0) is 0 Å². The number of halogens is 1. The van der Waals surface area contributed by atoms with Crippen LogP contribution in [0.25, 0.3) is 0 Å². The number of hydrogen-bond donors (Lipinski definition) is 2. The second kappa shape index (κ2) is 6.75. The molecule has 16 heavy (non-hydrogen) atoms. The van der Waals surface area contributed by atoms with E-state index in [-0.39, 0.29) is 5.28 Å². The topological polar surface area (TPSA) is 62.7 Å². The number of anilines is 2. The Balaban J connectivity index is 2.56. The van der Waals surface area contributed by atoms with Crippen LogP contribution in [0, 0.1) is 5.92 Å². The fourth-order valence-electron chi connectivity index (χ4n) is 1.15. The monoisotopic (exact) mass is 261 g/mol. The zero-order chi connectivity index (χ0) is 12.0. The highest BCUT2D eigenvalue weighted by Gasteiger charge is 2.05. The van der Waals surface area contributed by atoms with Gasteiger partial charge in [0.05, 0.1) is 0 Å². The lowest BCUT2D eigenvalue weighted by molar-refractivity contribution is 0.696. The molecule has 90 valence electrons. The van der Waals surface area contributed by atoms with Gasteiger partial charge in [-0.2, -0.15) is 26.7 Å². The van der Waals surface area contributed by atoms with Crippen molar-refractivity contribution in [2.45, 2.75) is 6.92 Å². The van der Waals surface area contributed by atoms with Crippen molar-refractivity contribution in [1.82, 2.24) is 15.0 Å². The van der Waals surface area contributed by atoms with E-state index in [1.165, 1.54) is 0 Å². The summed E-state index contributed by atoms with van der Waals surface area (Å²) in [5.74, 6) is 2.64. The number of nitrogens with one attached hydrogen (secondary N) is 2. The summed E-state index contributed by atoms with van der Waals surface area (Å²) in [6.45, 7) is 3.00. The highest BCUT2D eigenvalue weighted by Crippen LogP contribution is 2.10. The highest BCUT2D eigenvalue weighted by atomic mass is 35.5. The largest absolute Gasteiger partial charge is 0.357 e. The van der Waals surface area contributed by atoms with Crippen LogP contribution in [-0.4, -0.2) is 40.6 Å². The van der Waals surface area contributed by atoms with Crippen molar-refractivity contribution in [1.29, 1.82) is 0 Å². The third kappa shape index (κ3) is 4.40. The molecule has 0 aromatic carbocycles. The third-order valence-electron chi connectivity index (χ3n) is 1.89. The molecule has 0 radical (unpaired) electrons. The van der Waals surface area contributed by atoms with E-state index in [0.717, 1.165) is 12.3 Å². The molecule has 1 unspecified atom stereocenters. The summed E-state index contributed by atoms with van der Waals surface area (Å²) < 4.78 is 0. The van der Waals surface area contributed by atoms with E-state index in [4.69, 9.17) is 11.6 Å². The van der Waals surface area contributed by atoms with Gasteiger partial charge in [0, 0.05) is 13.6 Å². The maximum Gasteiger partial charge on any atom is 0.228 e. The fourth-order valence-corrected chi connectivity index (χ4v) is 2.00. The molecule has 0 amide bonds. The molecule has 0 saturated carbocycles. The maximum absolute atomic E-state index is 5.76. The lowest BCUT2D eigenvalue weighted by Crippen LogP contribution is -2.15. The minimum absolute atomic E-state index is 0.194. The predicted molar refractivity (Wildman–Crippen MR) is 70.4 cm³/mol. The summed E-state index contributed by atoms with van der Waals surface area (Å²) in [4.78, 5) is 12.1. The number of nitrogens with zero attached hydrogens (tertiary/aromatic N) is 3. The number of thioether (sulfide) groups is 1. The third-order valence-corrected chi connectivity index (χ3v) is 2.96. The van der Waals surface area contributed by atoms with Crippen molar-refractivity contribution < 1.29 is 0 Å². The number of rotatable bonds is 6. The van der Waals surface area contributed by atoms with Gasteiger partial charge in [0.25, 0.3) is 0 Å². The standard InChI is InChI=1S/C9H16ClN5S/c1-6(5-16-3)4-12-9-14-7(10)13-8(11-2)15-9/h6H,4-5H2,1-3H3,(H2,11,12,13,14,15). The first-order valence-corrected chi connectivity index (χ1v) is 6.75. The molecule has 0 aliphatic carbocycles. The molecule has 2 N–H and O–H groups in total. The van der Waals surface area contributed by atoms with Crippen LogP contribution in [0.15, 0.2) is 0 Å². The van der Waals surface area contributed by atoms with E-state index in [2.05, 4.69) is 38.8 Å². The Morgan fingerprint density at radius 1 is 1.31 bits per heavy atom. The summed E-state index contributed by atoms with van der Waals surface area (Å²) in [6, 6.07) is 0. The molecule has 0 spiro atoms. The summed E-state index contributed by atoms with van der Waals surface area (Å²) >= 11 is 7.58. The molecule has 0 aliphatic rings. The highest BCUT2D eigenvalue weighted by molar-refractivity contribution is 7.98. The van der Waals surface area contributed by atoms with Gasteiger partial charge in [-0.3, -0.25) is 0 Å². The molecule has 5 nitrogen and oxygen atoms in total. The van der Waals surface area contributed by atoms with Crippen molar-refractivity contribution in [3.8, 4) is 0 Å². The van der Waals surface area contributed by atoms with Gasteiger partial charge in [0.2, 0.25) is 17.2 Å². The smallest absolute Gasteiger partial charge is 0.228 e. The summed E-state index contributed by atoms with van der Waals surface area (Å²) in [6.07, 6.45) is 2.09. The van der Waals surface area contributed by atoms with Crippen LogP contribution in [0.5, 0.6) is 0 Å². The number of hydrogen-bond acceptors (Lipinski definition) is 6. The first kappa shape index (κ1) is 13.3. The van der Waals surface area contributed by atoms with Crippen molar-refractivity contribution >= 4 is 35.3 Å². The first-order valence-electron chi connectivity index (χ1n) is 4.97. The van der Waals surface area contributed by atoms with Crippen LogP contribution < -0.4 is 10.6 Å². The van der Waals surface area contributed by atoms with E-state index in [1.807, 2.05) is 11.8 Å². The minimum atomic E-state index is 0.194. The normalized spacial score (nSPS) is 12.2. The average Bonchev–Trinajstić information content (AvgIpc) is 2.26. The quantitative estimate of drug-likeness (QED) is 0.817. The van der Waals surface area contributed by atoms with E-state index < -0.39 is 0 Å². The van der Waals surface area contributed by atoms with Gasteiger partial charge in [0.15, 0.2) is 0 Å². The molecule has 1 rings (SSSR count). The molecule has 1 heterocycles. The fraction of sp³-hybridized carbons (Fsp3) is 0.667. The van der Waals surface area contributed by atoms with Gasteiger partial charge in [-0.1, -0.05) is 6.92 Å². The van der Waals surface area contributed by atoms with Crippen molar-refractivity contribution in [2.24, 2.45) is 5.92 Å². The van der Waals surface area contributed by atoms with E-state index >= 15 is 0 Å². The second-order valence-electron chi connectivity index (χ2n) is 3.44. The Labute approximate surface area is 105 Å². The summed E-state index contributed by atoms with van der Waals surface area (Å²) in [7, 11) is 1.74. The zero-order valence-electron chi connectivity index (χ0n) is 9.62. The van der Waals surface area contributed by atoms with Gasteiger partial charge in [-0.05, 0) is 29.5 Å². The van der Waals surface area contributed by atoms with Crippen LogP contribution >= 0.6 is 23.4 Å². The Morgan fingerprint density at radius 2 is 2.00 bits per heavy atom. The molecule has 1 atom stereocenters. The zero-order valence-corrected chi connectivity index (χ0v) is 11.2. The Morgan fingerprint density at radius 3 is 2.62 bits per heavy atom. The van der Waals surface area contributed by atoms with Crippen LogP contribution in [0.4, 0.5) is 11.9 Å². The number of aromatic nitrogens is 3. The van der Waals surface area contributed by atoms with Gasteiger partial charge >= 0.3 is 0 Å². The van der Waals surface area contributed by atoms with Gasteiger partial charge in [-0.15, -0.1) is 0 Å². The predicted octanol–water partition coefficient (Wildman–Crippen LogP) is 1.98. The molecule has 1 aromatic heterocycles. The van der Waals surface area contributed by atoms with E-state index in [9.17, 15) is 0 Å². The SMILES string of the molecule is CNc1nc(Cl)nc(NCC(C)CSC)n1. The summed E-state index contributed by atoms with van der Waals surface area (Å²) in [5.41, 5.74) is 0. The van der Waals surface area contributed by atoms with E-state index in [1.54, 1.807) is 7.05 Å². The van der Waals surface area contributed by atoms with Crippen molar-refractivity contribution in [3.05, 3.63) is 5.28 Å². The van der Waals surface area contributed by atoms with Gasteiger partial charge < -0.3 is 10.6 Å². The Bertz CT molecular complexity index is 336. The van der Waals surface area contributed by atoms with Gasteiger partial charge in [0.1, 0.15) is 0 Å². The first-order chi connectivity index (χ1) is 7.65. The maximum atomic E-state index is 5.76. The molecule has 0 saturated heterocycles. The molecule has 0 aliphatic heterocycles. The molecular formula is C9H16ClN5S. The molecule has 0 bridgehead atoms. The molecule has 1 aromatic rings. The van der Waals surface area contributed by atoms with E-state index in [0.29, 0.717) is 17.8 Å². The average molecular weight is 262 g/mol. The lowest BCUT2D eigenvalue weighted by Gasteiger charge is -2.11. The summed E-state index contributed by atoms with van der Waals surface area (Å²) in [5, 5.41) is 6.17. The van der Waals surface area contributed by atoms with Crippen LogP contribution in [0.1, 0.15) is 6.92 Å². The van der Waals surface area contributed by atoms with Crippen molar-refractivity contribution in [2.75, 3.05) is 36.2 Å². The molecular weight excluding hydrogens is 246 g/mol. The lowest BCUT2D eigenvalue weighted by atomic mass is 10.2. The molecule has 0 fully saturated rings. The Kier molecular flexibility index (Phi) is 5.62. The van der Waals surface area contributed by atoms with Gasteiger partial charge in [-0.25, -0.2) is 0 Å². The van der Waals surface area contributed by atoms with Crippen LogP contribution in [0.3, 0.4) is 0 Å².